The molecule has 0 saturated heterocycles. The topological polar surface area (TPSA) is 73.4 Å². The third kappa shape index (κ3) is 28.7. The number of nitrogens with zero attached hydrogens (tertiary/aromatic N) is 1. The van der Waals surface area contributed by atoms with E-state index in [0.717, 1.165) is 32.2 Å². The fourth-order valence-electron chi connectivity index (χ4n) is 5.92. The van der Waals surface area contributed by atoms with E-state index in [1.807, 2.05) is 6.08 Å². The van der Waals surface area contributed by atoms with Crippen molar-refractivity contribution in [3.8, 4) is 0 Å². The molecule has 1 aromatic heterocycles. The number of unbranched alkanes of at least 4 members (excludes halogenated alkanes) is 23. The molecule has 0 aliphatic heterocycles. The molecule has 0 radical (unpaired) electrons. The maximum atomic E-state index is 12.3. The minimum absolute atomic E-state index is 0. The Bertz CT molecular complexity index is 777. The molecule has 0 bridgehead atoms. The van der Waals surface area contributed by atoms with Crippen LogP contribution in [0.3, 0.4) is 0 Å². The van der Waals surface area contributed by atoms with E-state index in [1.165, 1.54) is 135 Å². The van der Waals surface area contributed by atoms with Crippen molar-refractivity contribution in [3.63, 3.8) is 0 Å². The van der Waals surface area contributed by atoms with E-state index in [9.17, 15) is 15.0 Å². The van der Waals surface area contributed by atoms with Crippen molar-refractivity contribution in [1.29, 1.82) is 0 Å². The Labute approximate surface area is 288 Å². The van der Waals surface area contributed by atoms with Gasteiger partial charge >= 0.3 is 0 Å². The molecule has 0 aliphatic carbocycles. The Morgan fingerprint density at radius 1 is 0.667 bits per heavy atom. The fraction of sp³-hybridized carbons (Fsp3) is 0.795. The zero-order chi connectivity index (χ0) is 31.8. The Balaban J connectivity index is 0.0000194. The zero-order valence-electron chi connectivity index (χ0n) is 29.1. The van der Waals surface area contributed by atoms with Crippen LogP contribution in [-0.4, -0.2) is 34.9 Å². The van der Waals surface area contributed by atoms with Crippen molar-refractivity contribution < 1.29 is 36.6 Å². The van der Waals surface area contributed by atoms with E-state index in [0.29, 0.717) is 6.42 Å². The van der Waals surface area contributed by atoms with Crippen LogP contribution in [0.2, 0.25) is 0 Å². The maximum absolute atomic E-state index is 12.3. The van der Waals surface area contributed by atoms with E-state index >= 15 is 0 Å². The van der Waals surface area contributed by atoms with Gasteiger partial charge in [0.1, 0.15) is 6.54 Å². The van der Waals surface area contributed by atoms with Crippen molar-refractivity contribution in [1.82, 2.24) is 5.32 Å². The second kappa shape index (κ2) is 34.1. The van der Waals surface area contributed by atoms with Crippen molar-refractivity contribution in [2.45, 2.75) is 193 Å². The Hall–Kier alpha value is -1.24. The van der Waals surface area contributed by atoms with Gasteiger partial charge in [0.05, 0.1) is 18.8 Å². The predicted molar refractivity (Wildman–Crippen MR) is 187 cm³/mol. The van der Waals surface area contributed by atoms with Gasteiger partial charge in [-0.25, -0.2) is 4.57 Å². The molecule has 0 aliphatic rings. The van der Waals surface area contributed by atoms with Gasteiger partial charge in [0.2, 0.25) is 5.91 Å². The van der Waals surface area contributed by atoms with Crippen LogP contribution in [0.25, 0.3) is 0 Å². The second-order valence-electron chi connectivity index (χ2n) is 13.1. The van der Waals surface area contributed by atoms with E-state index in [1.54, 1.807) is 6.08 Å². The number of aliphatic hydroxyl groups is 2. The molecule has 1 amide bonds. The number of rotatable bonds is 32. The molecule has 0 fully saturated rings. The number of pyridine rings is 1. The van der Waals surface area contributed by atoms with Crippen molar-refractivity contribution in [3.05, 3.63) is 42.7 Å². The lowest BCUT2D eigenvalue weighted by Crippen LogP contribution is -3.00. The average Bonchev–Trinajstić information content (AvgIpc) is 3.04. The van der Waals surface area contributed by atoms with Gasteiger partial charge in [-0.2, -0.15) is 0 Å². The van der Waals surface area contributed by atoms with Gasteiger partial charge in [-0.15, -0.1) is 0 Å². The summed E-state index contributed by atoms with van der Waals surface area (Å²) in [7, 11) is 0. The van der Waals surface area contributed by atoms with Crippen LogP contribution >= 0.6 is 0 Å². The summed E-state index contributed by atoms with van der Waals surface area (Å²) in [6, 6.07) is 5.64. The fourth-order valence-corrected chi connectivity index (χ4v) is 5.92. The highest BCUT2D eigenvalue weighted by molar-refractivity contribution is 5.76. The molecule has 0 aromatic carbocycles. The SMILES string of the molecule is CCCCCCCCCCCCC/C=C/[C@@H](O)[C@@H](CO)NC(=O)CCCCCCCCCCCCCCC[n+]1ccccc1.[Br-]. The smallest absolute Gasteiger partial charge is 0.220 e. The second-order valence-corrected chi connectivity index (χ2v) is 13.1. The molecular weight excluding hydrogens is 624 g/mol. The molecule has 262 valence electrons. The first kappa shape index (κ1) is 43.8. The number of nitrogens with one attached hydrogen (secondary N) is 1. The van der Waals surface area contributed by atoms with Gasteiger partial charge < -0.3 is 32.5 Å². The normalized spacial score (nSPS) is 12.7. The summed E-state index contributed by atoms with van der Waals surface area (Å²) >= 11 is 0. The molecule has 45 heavy (non-hydrogen) atoms. The number of carbonyl (C=O) groups is 1. The molecule has 6 heteroatoms. The molecule has 0 unspecified atom stereocenters. The summed E-state index contributed by atoms with van der Waals surface area (Å²) in [6.45, 7) is 3.15. The van der Waals surface area contributed by atoms with Gasteiger partial charge in [0, 0.05) is 25.0 Å². The monoisotopic (exact) mass is 694 g/mol. The van der Waals surface area contributed by atoms with Crippen LogP contribution in [0.15, 0.2) is 42.7 Å². The Morgan fingerprint density at radius 2 is 1.11 bits per heavy atom. The van der Waals surface area contributed by atoms with Crippen LogP contribution < -0.4 is 26.9 Å². The molecule has 1 aromatic rings. The maximum Gasteiger partial charge on any atom is 0.220 e. The molecule has 3 N–H and O–H groups in total. The lowest BCUT2D eigenvalue weighted by Gasteiger charge is -2.20. The highest BCUT2D eigenvalue weighted by Crippen LogP contribution is 2.14. The minimum atomic E-state index is -0.838. The summed E-state index contributed by atoms with van der Waals surface area (Å²) in [5.41, 5.74) is 0. The number of halogens is 1. The molecule has 5 nitrogen and oxygen atoms in total. The number of aryl methyl sites for hydroxylation is 1. The first-order valence-corrected chi connectivity index (χ1v) is 18.9. The van der Waals surface area contributed by atoms with Crippen LogP contribution in [-0.2, 0) is 11.3 Å². The molecule has 2 atom stereocenters. The van der Waals surface area contributed by atoms with Crippen LogP contribution in [0.4, 0.5) is 0 Å². The van der Waals surface area contributed by atoms with Crippen LogP contribution in [0.1, 0.15) is 174 Å². The Kier molecular flexibility index (Phi) is 33.2. The van der Waals surface area contributed by atoms with E-state index in [-0.39, 0.29) is 29.5 Å². The third-order valence-electron chi connectivity index (χ3n) is 8.86. The van der Waals surface area contributed by atoms with Gasteiger partial charge in [-0.1, -0.05) is 154 Å². The lowest BCUT2D eigenvalue weighted by atomic mass is 10.0. The number of hydrogen-bond donors (Lipinski definition) is 3. The van der Waals surface area contributed by atoms with E-state index in [4.69, 9.17) is 0 Å². The number of allylic oxidation sites excluding steroid dienone is 1. The molecule has 1 heterocycles. The predicted octanol–water partition coefficient (Wildman–Crippen LogP) is 6.53. The van der Waals surface area contributed by atoms with Crippen molar-refractivity contribution in [2.75, 3.05) is 6.61 Å². The third-order valence-corrected chi connectivity index (χ3v) is 8.86. The summed E-state index contributed by atoms with van der Waals surface area (Å²) in [6.07, 6.45) is 39.6. The van der Waals surface area contributed by atoms with Crippen LogP contribution in [0, 0.1) is 0 Å². The number of hydrogen-bond acceptors (Lipinski definition) is 3. The molecular formula is C39H71BrN2O3. The minimum Gasteiger partial charge on any atom is -1.00 e. The average molecular weight is 696 g/mol. The number of amides is 1. The van der Waals surface area contributed by atoms with E-state index in [2.05, 4.69) is 47.4 Å². The molecule has 1 rings (SSSR count). The van der Waals surface area contributed by atoms with Gasteiger partial charge in [0.15, 0.2) is 12.4 Å². The number of aromatic nitrogens is 1. The highest BCUT2D eigenvalue weighted by Gasteiger charge is 2.17. The number of aliphatic hydroxyl groups excluding tert-OH is 2. The van der Waals surface area contributed by atoms with Gasteiger partial charge in [-0.3, -0.25) is 4.79 Å². The molecule has 0 saturated carbocycles. The summed E-state index contributed by atoms with van der Waals surface area (Å²) in [5.74, 6) is -0.0688. The largest absolute Gasteiger partial charge is 1.00 e. The molecule has 0 spiro atoms. The summed E-state index contributed by atoms with van der Waals surface area (Å²) in [5, 5.41) is 22.9. The summed E-state index contributed by atoms with van der Waals surface area (Å²) < 4.78 is 2.27. The quantitative estimate of drug-likeness (QED) is 0.0456. The standard InChI is InChI=1S/C39H70N2O3.BrH/c1-2-3-4-5-6-7-8-10-13-16-19-22-26-31-38(43)37(36-42)40-39(44)32-27-23-20-17-14-11-9-12-15-18-21-24-28-33-41-34-29-25-30-35-41;/h25-26,29-31,34-35,37-38,42-43H,2-24,27-28,32-33,36H2,1H3;1H/b31-26+;/t37-,38-;/m1./s1. The number of carbonyl (C=O) groups excluding carboxylic acids is 1. The van der Waals surface area contributed by atoms with Crippen molar-refractivity contribution in [2.24, 2.45) is 0 Å². The van der Waals surface area contributed by atoms with Gasteiger partial charge in [0.25, 0.3) is 0 Å². The van der Waals surface area contributed by atoms with Gasteiger partial charge in [-0.05, 0) is 25.7 Å². The first-order chi connectivity index (χ1) is 21.7. The first-order valence-electron chi connectivity index (χ1n) is 18.9. The lowest BCUT2D eigenvalue weighted by molar-refractivity contribution is -0.697. The zero-order valence-corrected chi connectivity index (χ0v) is 30.7. The summed E-state index contributed by atoms with van der Waals surface area (Å²) in [4.78, 5) is 12.3. The van der Waals surface area contributed by atoms with E-state index < -0.39 is 12.1 Å². The highest BCUT2D eigenvalue weighted by atomic mass is 79.9. The van der Waals surface area contributed by atoms with Crippen molar-refractivity contribution >= 4 is 5.91 Å². The Morgan fingerprint density at radius 3 is 1.60 bits per heavy atom. The van der Waals surface area contributed by atoms with Crippen LogP contribution in [0.5, 0.6) is 0 Å².